The van der Waals surface area contributed by atoms with Crippen molar-refractivity contribution in [2.75, 3.05) is 39.5 Å². The molecule has 6 nitrogen and oxygen atoms in total. The second-order valence-electron chi connectivity index (χ2n) is 6.38. The quantitative estimate of drug-likeness (QED) is 0.826. The molecule has 3 rings (SSSR count). The lowest BCUT2D eigenvalue weighted by Crippen LogP contribution is -2.44. The van der Waals surface area contributed by atoms with Crippen LogP contribution in [0.3, 0.4) is 0 Å². The third-order valence-corrected chi connectivity index (χ3v) is 4.70. The van der Waals surface area contributed by atoms with Crippen molar-refractivity contribution in [1.82, 2.24) is 14.8 Å². The lowest BCUT2D eigenvalue weighted by Gasteiger charge is -2.35. The van der Waals surface area contributed by atoms with Crippen LogP contribution in [0.4, 0.5) is 0 Å². The molecular weight excluding hydrogens is 330 g/mol. The summed E-state index contributed by atoms with van der Waals surface area (Å²) in [6.07, 6.45) is 2.04. The van der Waals surface area contributed by atoms with Crippen molar-refractivity contribution in [3.8, 4) is 5.75 Å². The Balaban J connectivity index is 1.67. The summed E-state index contributed by atoms with van der Waals surface area (Å²) in [5, 5.41) is 3.09. The molecule has 6 heteroatoms. The van der Waals surface area contributed by atoms with Crippen LogP contribution in [-0.4, -0.2) is 54.8 Å². The number of hydrogen-bond donors (Lipinski definition) is 1. The third kappa shape index (κ3) is 4.45. The molecule has 2 aromatic rings. The minimum absolute atomic E-state index is 0.0690. The highest BCUT2D eigenvalue weighted by Gasteiger charge is 2.25. The first-order chi connectivity index (χ1) is 12.7. The van der Waals surface area contributed by atoms with Crippen LogP contribution in [0.1, 0.15) is 29.0 Å². The molecule has 2 heterocycles. The third-order valence-electron chi connectivity index (χ3n) is 4.70. The average molecular weight is 357 g/mol. The van der Waals surface area contributed by atoms with Gasteiger partial charge in [0.05, 0.1) is 25.9 Å². The van der Waals surface area contributed by atoms with E-state index in [9.17, 15) is 4.79 Å². The number of nitrogens with zero attached hydrogens (tertiary/aromatic N) is 2. The lowest BCUT2D eigenvalue weighted by atomic mass is 10.1. The Bertz CT molecular complexity index is 705. The summed E-state index contributed by atoms with van der Waals surface area (Å²) in [5.41, 5.74) is 1.83. The van der Waals surface area contributed by atoms with E-state index in [4.69, 9.17) is 9.47 Å². The first-order valence-corrected chi connectivity index (χ1v) is 9.13. The molecule has 26 heavy (non-hydrogen) atoms. The Labute approximate surface area is 154 Å². The van der Waals surface area contributed by atoms with Crippen LogP contribution in [-0.2, 0) is 11.8 Å². The van der Waals surface area contributed by atoms with Gasteiger partial charge in [0.15, 0.2) is 0 Å². The van der Waals surface area contributed by atoms with Gasteiger partial charge in [0, 0.05) is 44.1 Å². The van der Waals surface area contributed by atoms with Crippen LogP contribution in [0.25, 0.3) is 0 Å². The number of rotatable bonds is 7. The molecule has 1 aromatic heterocycles. The number of aryl methyl sites for hydroxylation is 1. The summed E-state index contributed by atoms with van der Waals surface area (Å²) in [7, 11) is 2.04. The molecule has 0 spiro atoms. The zero-order chi connectivity index (χ0) is 18.4. The summed E-state index contributed by atoms with van der Waals surface area (Å²) in [6, 6.07) is 11.5. The number of hydrogen-bond acceptors (Lipinski definition) is 4. The minimum Gasteiger partial charge on any atom is -0.494 e. The van der Waals surface area contributed by atoms with Crippen LogP contribution < -0.4 is 10.1 Å². The van der Waals surface area contributed by atoms with E-state index in [2.05, 4.69) is 20.9 Å². The fourth-order valence-corrected chi connectivity index (χ4v) is 3.29. The van der Waals surface area contributed by atoms with Crippen LogP contribution >= 0.6 is 0 Å². The highest BCUT2D eigenvalue weighted by molar-refractivity contribution is 5.94. The largest absolute Gasteiger partial charge is 0.494 e. The van der Waals surface area contributed by atoms with E-state index in [1.54, 1.807) is 12.1 Å². The number of ether oxygens (including phenoxy) is 2. The maximum absolute atomic E-state index is 12.6. The van der Waals surface area contributed by atoms with Gasteiger partial charge in [-0.15, -0.1) is 0 Å². The van der Waals surface area contributed by atoms with Gasteiger partial charge in [0.1, 0.15) is 5.75 Å². The number of morpholine rings is 1. The number of aromatic nitrogens is 1. The molecule has 1 aromatic carbocycles. The smallest absolute Gasteiger partial charge is 0.251 e. The zero-order valence-corrected chi connectivity index (χ0v) is 15.5. The fourth-order valence-electron chi connectivity index (χ4n) is 3.29. The summed E-state index contributed by atoms with van der Waals surface area (Å²) < 4.78 is 13.0. The van der Waals surface area contributed by atoms with Gasteiger partial charge in [0.2, 0.25) is 0 Å². The Morgan fingerprint density at radius 3 is 2.58 bits per heavy atom. The first kappa shape index (κ1) is 18.5. The number of carbonyl (C=O) groups is 1. The Morgan fingerprint density at radius 1 is 1.23 bits per heavy atom. The van der Waals surface area contributed by atoms with Gasteiger partial charge < -0.3 is 19.4 Å². The molecule has 1 fully saturated rings. The van der Waals surface area contributed by atoms with Gasteiger partial charge >= 0.3 is 0 Å². The summed E-state index contributed by atoms with van der Waals surface area (Å²) in [5.74, 6) is 0.708. The van der Waals surface area contributed by atoms with Crippen molar-refractivity contribution in [3.05, 3.63) is 53.9 Å². The van der Waals surface area contributed by atoms with Crippen LogP contribution in [0.2, 0.25) is 0 Å². The molecule has 0 saturated carbocycles. The molecule has 140 valence electrons. The van der Waals surface area contributed by atoms with Gasteiger partial charge in [-0.1, -0.05) is 0 Å². The van der Waals surface area contributed by atoms with Crippen molar-refractivity contribution in [2.45, 2.75) is 13.0 Å². The van der Waals surface area contributed by atoms with Gasteiger partial charge in [-0.2, -0.15) is 0 Å². The van der Waals surface area contributed by atoms with Crippen molar-refractivity contribution in [3.63, 3.8) is 0 Å². The Morgan fingerprint density at radius 2 is 1.96 bits per heavy atom. The van der Waals surface area contributed by atoms with Gasteiger partial charge in [-0.05, 0) is 43.3 Å². The van der Waals surface area contributed by atoms with Gasteiger partial charge in [-0.25, -0.2) is 0 Å². The van der Waals surface area contributed by atoms with Crippen LogP contribution in [0, 0.1) is 0 Å². The van der Waals surface area contributed by atoms with E-state index in [1.165, 1.54) is 5.69 Å². The molecule has 0 bridgehead atoms. The topological polar surface area (TPSA) is 55.7 Å². The number of benzene rings is 1. The van der Waals surface area contributed by atoms with E-state index >= 15 is 0 Å². The highest BCUT2D eigenvalue weighted by atomic mass is 16.5. The fraction of sp³-hybridized carbons (Fsp3) is 0.450. The van der Waals surface area contributed by atoms with Crippen molar-refractivity contribution in [1.29, 1.82) is 0 Å². The number of amides is 1. The standard InChI is InChI=1S/C20H27N3O3/c1-3-26-17-8-6-16(7-9-17)20(24)21-15-19(18-5-4-10-22(18)2)23-11-13-25-14-12-23/h4-10,19H,3,11-15H2,1-2H3,(H,21,24)/t19-/m0/s1. The van der Waals surface area contributed by atoms with Gasteiger partial charge in [0.25, 0.3) is 5.91 Å². The molecule has 0 unspecified atom stereocenters. The summed E-state index contributed by atoms with van der Waals surface area (Å²) >= 11 is 0. The normalized spacial score (nSPS) is 16.2. The van der Waals surface area contributed by atoms with E-state index in [0.717, 1.165) is 32.1 Å². The maximum Gasteiger partial charge on any atom is 0.251 e. The van der Waals surface area contributed by atoms with Gasteiger partial charge in [-0.3, -0.25) is 9.69 Å². The SMILES string of the molecule is CCOc1ccc(C(=O)NC[C@@H](c2cccn2C)N2CCOCC2)cc1. The minimum atomic E-state index is -0.0690. The lowest BCUT2D eigenvalue weighted by molar-refractivity contribution is 0.0148. The summed E-state index contributed by atoms with van der Waals surface area (Å²) in [6.45, 7) is 6.31. The molecule has 0 radical (unpaired) electrons. The zero-order valence-electron chi connectivity index (χ0n) is 15.5. The monoisotopic (exact) mass is 357 g/mol. The number of carbonyl (C=O) groups excluding carboxylic acids is 1. The molecule has 1 atom stereocenters. The number of nitrogens with one attached hydrogen (secondary N) is 1. The molecule has 1 aliphatic rings. The highest BCUT2D eigenvalue weighted by Crippen LogP contribution is 2.21. The Kier molecular flexibility index (Phi) is 6.30. The van der Waals surface area contributed by atoms with Crippen LogP contribution in [0.5, 0.6) is 5.75 Å². The van der Waals surface area contributed by atoms with E-state index in [0.29, 0.717) is 18.7 Å². The van der Waals surface area contributed by atoms with Crippen LogP contribution in [0.15, 0.2) is 42.6 Å². The molecule has 0 aliphatic carbocycles. The van der Waals surface area contributed by atoms with Crippen molar-refractivity contribution in [2.24, 2.45) is 7.05 Å². The molecular formula is C20H27N3O3. The van der Waals surface area contributed by atoms with Crippen molar-refractivity contribution < 1.29 is 14.3 Å². The second-order valence-corrected chi connectivity index (χ2v) is 6.38. The van der Waals surface area contributed by atoms with E-state index < -0.39 is 0 Å². The molecule has 1 saturated heterocycles. The van der Waals surface area contributed by atoms with Crippen molar-refractivity contribution >= 4 is 5.91 Å². The molecule has 1 N–H and O–H groups in total. The maximum atomic E-state index is 12.6. The predicted molar refractivity (Wildman–Crippen MR) is 100 cm³/mol. The van der Waals surface area contributed by atoms with E-state index in [1.807, 2.05) is 38.4 Å². The first-order valence-electron chi connectivity index (χ1n) is 9.13. The molecule has 1 aliphatic heterocycles. The molecule has 1 amide bonds. The Hall–Kier alpha value is -2.31. The predicted octanol–water partition coefficient (Wildman–Crippen LogP) is 2.23. The second kappa shape index (κ2) is 8.87. The average Bonchev–Trinajstić information content (AvgIpc) is 3.09. The van der Waals surface area contributed by atoms with E-state index in [-0.39, 0.29) is 11.9 Å². The summed E-state index contributed by atoms with van der Waals surface area (Å²) in [4.78, 5) is 14.9.